The molecular formula is C19H28N4O2. The van der Waals surface area contributed by atoms with Gasteiger partial charge in [0, 0.05) is 19.0 Å². The van der Waals surface area contributed by atoms with Gasteiger partial charge in [0.25, 0.3) is 0 Å². The van der Waals surface area contributed by atoms with E-state index in [0.717, 1.165) is 68.9 Å². The number of nitrogens with one attached hydrogen (secondary N) is 2. The number of morpholine rings is 1. The predicted octanol–water partition coefficient (Wildman–Crippen LogP) is 1.80. The lowest BCUT2D eigenvalue weighted by Crippen LogP contribution is -2.36. The van der Waals surface area contributed by atoms with Gasteiger partial charge in [-0.1, -0.05) is 0 Å². The third-order valence-electron chi connectivity index (χ3n) is 5.83. The van der Waals surface area contributed by atoms with Crippen molar-refractivity contribution in [2.75, 3.05) is 49.6 Å². The molecule has 6 heteroatoms. The van der Waals surface area contributed by atoms with Crippen LogP contribution in [0.3, 0.4) is 0 Å². The SMILES string of the molecule is Cc1nc(N2CCOCC2)ccc1NC(=O)[C@@H]1C[C@H]1C1CCNCC1. The fourth-order valence-corrected chi connectivity index (χ4v) is 4.18. The Balaban J connectivity index is 1.35. The van der Waals surface area contributed by atoms with E-state index in [1.807, 2.05) is 19.1 Å². The molecule has 0 bridgehead atoms. The summed E-state index contributed by atoms with van der Waals surface area (Å²) in [5, 5.41) is 6.51. The van der Waals surface area contributed by atoms with Crippen LogP contribution in [0.1, 0.15) is 25.0 Å². The van der Waals surface area contributed by atoms with Crippen LogP contribution in [0.15, 0.2) is 12.1 Å². The molecule has 1 saturated carbocycles. The lowest BCUT2D eigenvalue weighted by atomic mass is 9.92. The Labute approximate surface area is 149 Å². The number of aromatic nitrogens is 1. The summed E-state index contributed by atoms with van der Waals surface area (Å²) in [6, 6.07) is 4.00. The number of hydrogen-bond donors (Lipinski definition) is 2. The number of rotatable bonds is 4. The Hall–Kier alpha value is -1.66. The van der Waals surface area contributed by atoms with Crippen molar-refractivity contribution in [2.24, 2.45) is 17.8 Å². The first kappa shape index (κ1) is 16.8. The molecule has 0 radical (unpaired) electrons. The van der Waals surface area contributed by atoms with Gasteiger partial charge >= 0.3 is 0 Å². The number of ether oxygens (including phenoxy) is 1. The number of anilines is 2. The van der Waals surface area contributed by atoms with Crippen LogP contribution in [-0.4, -0.2) is 50.3 Å². The number of nitrogens with zero attached hydrogens (tertiary/aromatic N) is 2. The third kappa shape index (κ3) is 3.80. The minimum atomic E-state index is 0.174. The highest BCUT2D eigenvalue weighted by atomic mass is 16.5. The van der Waals surface area contributed by atoms with Crippen molar-refractivity contribution >= 4 is 17.4 Å². The Kier molecular flexibility index (Phi) is 4.90. The Bertz CT molecular complexity index is 624. The maximum atomic E-state index is 12.6. The summed E-state index contributed by atoms with van der Waals surface area (Å²) in [5.74, 6) is 2.65. The average molecular weight is 344 g/mol. The van der Waals surface area contributed by atoms with Crippen LogP contribution in [0.25, 0.3) is 0 Å². The van der Waals surface area contributed by atoms with Crippen molar-refractivity contribution in [1.82, 2.24) is 10.3 Å². The number of carbonyl (C=O) groups is 1. The smallest absolute Gasteiger partial charge is 0.227 e. The highest BCUT2D eigenvalue weighted by Gasteiger charge is 2.47. The highest BCUT2D eigenvalue weighted by Crippen LogP contribution is 2.47. The molecule has 2 atom stereocenters. The second kappa shape index (κ2) is 7.30. The van der Waals surface area contributed by atoms with Crippen molar-refractivity contribution in [3.05, 3.63) is 17.8 Å². The van der Waals surface area contributed by atoms with E-state index in [2.05, 4.69) is 20.5 Å². The maximum Gasteiger partial charge on any atom is 0.227 e. The van der Waals surface area contributed by atoms with E-state index < -0.39 is 0 Å². The zero-order valence-corrected chi connectivity index (χ0v) is 15.0. The first-order chi connectivity index (χ1) is 12.2. The highest BCUT2D eigenvalue weighted by molar-refractivity contribution is 5.95. The van der Waals surface area contributed by atoms with E-state index in [1.54, 1.807) is 0 Å². The summed E-state index contributed by atoms with van der Waals surface area (Å²) in [6.45, 7) is 7.41. The van der Waals surface area contributed by atoms with E-state index in [9.17, 15) is 4.79 Å². The average Bonchev–Trinajstić information content (AvgIpc) is 3.46. The van der Waals surface area contributed by atoms with Crippen LogP contribution in [0.2, 0.25) is 0 Å². The predicted molar refractivity (Wildman–Crippen MR) is 97.8 cm³/mol. The van der Waals surface area contributed by atoms with E-state index >= 15 is 0 Å². The lowest BCUT2D eigenvalue weighted by molar-refractivity contribution is -0.117. The van der Waals surface area contributed by atoms with Crippen LogP contribution >= 0.6 is 0 Å². The van der Waals surface area contributed by atoms with E-state index in [0.29, 0.717) is 5.92 Å². The van der Waals surface area contributed by atoms with Gasteiger partial charge in [0.1, 0.15) is 5.82 Å². The van der Waals surface area contributed by atoms with Crippen LogP contribution in [-0.2, 0) is 9.53 Å². The van der Waals surface area contributed by atoms with Crippen LogP contribution < -0.4 is 15.5 Å². The summed E-state index contributed by atoms with van der Waals surface area (Å²) in [5.41, 5.74) is 1.73. The number of amides is 1. The van der Waals surface area contributed by atoms with Gasteiger partial charge in [-0.2, -0.15) is 0 Å². The fourth-order valence-electron chi connectivity index (χ4n) is 4.18. The summed E-state index contributed by atoms with van der Waals surface area (Å²) < 4.78 is 5.39. The molecule has 1 amide bonds. The van der Waals surface area contributed by atoms with Gasteiger partial charge in [-0.15, -0.1) is 0 Å². The zero-order valence-electron chi connectivity index (χ0n) is 15.0. The molecule has 2 aliphatic heterocycles. The van der Waals surface area contributed by atoms with Crippen molar-refractivity contribution in [2.45, 2.75) is 26.2 Å². The standard InChI is InChI=1S/C19H28N4O2/c1-13-17(2-3-18(21-13)23-8-10-25-11-9-23)22-19(24)16-12-15(16)14-4-6-20-7-5-14/h2-3,14-16,20H,4-12H2,1H3,(H,22,24)/t15-,16+/m0/s1. The molecule has 3 heterocycles. The second-order valence-electron chi connectivity index (χ2n) is 7.48. The molecule has 6 nitrogen and oxygen atoms in total. The van der Waals surface area contributed by atoms with Crippen molar-refractivity contribution < 1.29 is 9.53 Å². The molecule has 1 aromatic rings. The van der Waals surface area contributed by atoms with Crippen molar-refractivity contribution in [3.8, 4) is 0 Å². The number of carbonyl (C=O) groups excluding carboxylic acids is 1. The first-order valence-corrected chi connectivity index (χ1v) is 9.54. The van der Waals surface area contributed by atoms with Crippen molar-refractivity contribution in [3.63, 3.8) is 0 Å². The number of piperidine rings is 1. The van der Waals surface area contributed by atoms with Gasteiger partial charge in [-0.05, 0) is 63.2 Å². The van der Waals surface area contributed by atoms with Gasteiger partial charge in [-0.25, -0.2) is 4.98 Å². The number of hydrogen-bond acceptors (Lipinski definition) is 5. The minimum Gasteiger partial charge on any atom is -0.378 e. The number of pyridine rings is 1. The zero-order chi connectivity index (χ0) is 17.2. The minimum absolute atomic E-state index is 0.174. The monoisotopic (exact) mass is 344 g/mol. The second-order valence-corrected chi connectivity index (χ2v) is 7.48. The summed E-state index contributed by atoms with van der Waals surface area (Å²) in [7, 11) is 0. The van der Waals surface area contributed by atoms with Crippen LogP contribution in [0.5, 0.6) is 0 Å². The molecule has 25 heavy (non-hydrogen) atoms. The molecule has 2 N–H and O–H groups in total. The van der Waals surface area contributed by atoms with Gasteiger partial charge in [0.2, 0.25) is 5.91 Å². The molecule has 3 aliphatic rings. The molecule has 2 saturated heterocycles. The molecule has 0 aromatic carbocycles. The first-order valence-electron chi connectivity index (χ1n) is 9.54. The lowest BCUT2D eigenvalue weighted by Gasteiger charge is -2.28. The van der Waals surface area contributed by atoms with Gasteiger partial charge in [-0.3, -0.25) is 4.79 Å². The normalized spacial score (nSPS) is 27.2. The molecule has 0 unspecified atom stereocenters. The fraction of sp³-hybridized carbons (Fsp3) is 0.684. The molecule has 3 fully saturated rings. The topological polar surface area (TPSA) is 66.5 Å². The molecule has 4 rings (SSSR count). The molecule has 0 spiro atoms. The van der Waals surface area contributed by atoms with Gasteiger partial charge < -0.3 is 20.3 Å². The molecule has 1 aromatic heterocycles. The molecular weight excluding hydrogens is 316 g/mol. The van der Waals surface area contributed by atoms with E-state index in [4.69, 9.17) is 4.74 Å². The Morgan fingerprint density at radius 1 is 1.28 bits per heavy atom. The summed E-state index contributed by atoms with van der Waals surface area (Å²) in [6.07, 6.45) is 3.47. The number of aryl methyl sites for hydroxylation is 1. The molecule has 1 aliphatic carbocycles. The van der Waals surface area contributed by atoms with Gasteiger partial charge in [0.05, 0.1) is 24.6 Å². The quantitative estimate of drug-likeness (QED) is 0.872. The molecule has 136 valence electrons. The Morgan fingerprint density at radius 2 is 2.04 bits per heavy atom. The van der Waals surface area contributed by atoms with Crippen LogP contribution in [0, 0.1) is 24.7 Å². The van der Waals surface area contributed by atoms with E-state index in [-0.39, 0.29) is 11.8 Å². The maximum absolute atomic E-state index is 12.6. The van der Waals surface area contributed by atoms with E-state index in [1.165, 1.54) is 12.8 Å². The van der Waals surface area contributed by atoms with Crippen LogP contribution in [0.4, 0.5) is 11.5 Å². The Morgan fingerprint density at radius 3 is 2.76 bits per heavy atom. The summed E-state index contributed by atoms with van der Waals surface area (Å²) in [4.78, 5) is 19.5. The summed E-state index contributed by atoms with van der Waals surface area (Å²) >= 11 is 0. The third-order valence-corrected chi connectivity index (χ3v) is 5.83. The van der Waals surface area contributed by atoms with Crippen molar-refractivity contribution in [1.29, 1.82) is 0 Å². The van der Waals surface area contributed by atoms with Gasteiger partial charge in [0.15, 0.2) is 0 Å². The largest absolute Gasteiger partial charge is 0.378 e.